The minimum atomic E-state index is -2.72. The molecule has 1 saturated carbocycles. The van der Waals surface area contributed by atoms with Crippen LogP contribution >= 0.6 is 0 Å². The van der Waals surface area contributed by atoms with E-state index in [-0.39, 0.29) is 30.0 Å². The highest BCUT2D eigenvalue weighted by Gasteiger charge is 2.47. The standard InChI is InChI=1S/C25H21F3N6O3/c26-20-10-29-21(32-22(20)31-17-3-4-19-15(6-17)9-30-33-23(19)35)13-1-2-14-11-34(12-16(14)5-13)24(36)37-18-7-25(27,28)8-18/h1-6,9-10,18,24,36H,7-8,11-12H2,(H,33,35)(H,29,31,32). The molecule has 0 amide bonds. The first-order chi connectivity index (χ1) is 17.7. The molecule has 37 heavy (non-hydrogen) atoms. The summed E-state index contributed by atoms with van der Waals surface area (Å²) in [6, 6.07) is 10.4. The Bertz CT molecular complexity index is 1550. The number of nitrogens with zero attached hydrogens (tertiary/aromatic N) is 4. The van der Waals surface area contributed by atoms with Crippen LogP contribution in [0.1, 0.15) is 24.0 Å². The van der Waals surface area contributed by atoms with Crippen molar-refractivity contribution in [2.75, 3.05) is 5.32 Å². The Kier molecular flexibility index (Phi) is 5.66. The van der Waals surface area contributed by atoms with Crippen LogP contribution in [0.5, 0.6) is 0 Å². The number of hydrogen-bond acceptors (Lipinski definition) is 8. The van der Waals surface area contributed by atoms with E-state index in [1.54, 1.807) is 29.2 Å². The van der Waals surface area contributed by atoms with Crippen molar-refractivity contribution in [3.05, 3.63) is 76.1 Å². The molecule has 2 aromatic carbocycles. The highest BCUT2D eigenvalue weighted by Crippen LogP contribution is 2.40. The van der Waals surface area contributed by atoms with Gasteiger partial charge in [-0.25, -0.2) is 33.1 Å². The minimum absolute atomic E-state index is 0.0367. The monoisotopic (exact) mass is 510 g/mol. The van der Waals surface area contributed by atoms with Crippen LogP contribution in [0.2, 0.25) is 0 Å². The lowest BCUT2D eigenvalue weighted by Gasteiger charge is -2.37. The quantitative estimate of drug-likeness (QED) is 0.337. The number of anilines is 2. The van der Waals surface area contributed by atoms with E-state index in [1.807, 2.05) is 12.1 Å². The Hall–Kier alpha value is -3.87. The second-order valence-corrected chi connectivity index (χ2v) is 9.25. The van der Waals surface area contributed by atoms with Gasteiger partial charge in [0, 0.05) is 42.6 Å². The maximum Gasteiger partial charge on any atom is 0.272 e. The van der Waals surface area contributed by atoms with Gasteiger partial charge in [-0.05, 0) is 35.4 Å². The maximum absolute atomic E-state index is 14.5. The molecule has 1 fully saturated rings. The summed E-state index contributed by atoms with van der Waals surface area (Å²) in [6.45, 7) is 0.751. The molecule has 190 valence electrons. The lowest BCUT2D eigenvalue weighted by atomic mass is 9.91. The number of aliphatic hydroxyl groups excluding tert-OH is 1. The van der Waals surface area contributed by atoms with Gasteiger partial charge < -0.3 is 15.2 Å². The number of aliphatic hydroxyl groups is 1. The molecule has 3 N–H and O–H groups in total. The van der Waals surface area contributed by atoms with Crippen LogP contribution in [0.4, 0.5) is 24.7 Å². The van der Waals surface area contributed by atoms with E-state index < -0.39 is 24.3 Å². The summed E-state index contributed by atoms with van der Waals surface area (Å²) in [5.74, 6) is -3.12. The minimum Gasteiger partial charge on any atom is -0.356 e. The van der Waals surface area contributed by atoms with E-state index in [0.717, 1.165) is 17.3 Å². The molecule has 12 heteroatoms. The largest absolute Gasteiger partial charge is 0.356 e. The van der Waals surface area contributed by atoms with Gasteiger partial charge in [-0.15, -0.1) is 0 Å². The predicted octanol–water partition coefficient (Wildman–Crippen LogP) is 3.67. The van der Waals surface area contributed by atoms with Crippen molar-refractivity contribution in [2.24, 2.45) is 0 Å². The highest BCUT2D eigenvalue weighted by atomic mass is 19.3. The van der Waals surface area contributed by atoms with Crippen molar-refractivity contribution in [2.45, 2.75) is 44.4 Å². The number of benzene rings is 2. The van der Waals surface area contributed by atoms with Gasteiger partial charge in [-0.2, -0.15) is 5.10 Å². The van der Waals surface area contributed by atoms with E-state index in [2.05, 4.69) is 25.5 Å². The third-order valence-corrected chi connectivity index (χ3v) is 6.56. The molecule has 1 atom stereocenters. The number of hydrogen-bond donors (Lipinski definition) is 3. The predicted molar refractivity (Wildman–Crippen MR) is 127 cm³/mol. The second kappa shape index (κ2) is 8.91. The van der Waals surface area contributed by atoms with Gasteiger partial charge in [0.05, 0.1) is 23.9 Å². The molecule has 2 aromatic heterocycles. The first-order valence-corrected chi connectivity index (χ1v) is 11.6. The van der Waals surface area contributed by atoms with Gasteiger partial charge in [-0.1, -0.05) is 12.1 Å². The molecule has 0 saturated heterocycles. The van der Waals surface area contributed by atoms with E-state index >= 15 is 0 Å². The molecule has 0 radical (unpaired) electrons. The average Bonchev–Trinajstić information content (AvgIpc) is 3.28. The Morgan fingerprint density at radius 2 is 1.95 bits per heavy atom. The average molecular weight is 510 g/mol. The number of ether oxygens (including phenoxy) is 1. The Morgan fingerprint density at radius 3 is 2.76 bits per heavy atom. The van der Waals surface area contributed by atoms with Gasteiger partial charge >= 0.3 is 0 Å². The Morgan fingerprint density at radius 1 is 1.14 bits per heavy atom. The molecule has 3 heterocycles. The van der Waals surface area contributed by atoms with Crippen LogP contribution in [0, 0.1) is 5.82 Å². The number of nitrogens with one attached hydrogen (secondary N) is 2. The summed E-state index contributed by atoms with van der Waals surface area (Å²) < 4.78 is 46.0. The number of aromatic nitrogens is 4. The fraction of sp³-hybridized carbons (Fsp3) is 0.280. The van der Waals surface area contributed by atoms with E-state index in [0.29, 0.717) is 35.1 Å². The van der Waals surface area contributed by atoms with Crippen molar-refractivity contribution < 1.29 is 23.0 Å². The first-order valence-electron chi connectivity index (χ1n) is 11.6. The fourth-order valence-corrected chi connectivity index (χ4v) is 4.58. The molecule has 9 nitrogen and oxygen atoms in total. The smallest absolute Gasteiger partial charge is 0.272 e. The molecule has 2 aliphatic rings. The Balaban J connectivity index is 1.19. The van der Waals surface area contributed by atoms with Crippen molar-refractivity contribution in [1.82, 2.24) is 25.1 Å². The summed E-state index contributed by atoms with van der Waals surface area (Å²) in [7, 11) is 0. The molecule has 6 rings (SSSR count). The van der Waals surface area contributed by atoms with Crippen LogP contribution < -0.4 is 10.9 Å². The molecular formula is C25H21F3N6O3. The van der Waals surface area contributed by atoms with Gasteiger partial charge in [0.25, 0.3) is 11.5 Å². The SMILES string of the molecule is O=c1[nH]ncc2cc(Nc3nc(-c4ccc5c(c4)CN(C(O)OC4CC(F)(F)C4)C5)ncc3F)ccc12. The zero-order chi connectivity index (χ0) is 25.7. The van der Waals surface area contributed by atoms with E-state index in [1.165, 1.54) is 6.20 Å². The van der Waals surface area contributed by atoms with Gasteiger partial charge in [0.15, 0.2) is 17.5 Å². The second-order valence-electron chi connectivity index (χ2n) is 9.25. The molecule has 1 aliphatic heterocycles. The lowest BCUT2D eigenvalue weighted by molar-refractivity contribution is -0.269. The number of H-pyrrole nitrogens is 1. The fourth-order valence-electron chi connectivity index (χ4n) is 4.58. The number of alkyl halides is 2. The summed E-state index contributed by atoms with van der Waals surface area (Å²) in [6.07, 6.45) is -0.154. The van der Waals surface area contributed by atoms with Crippen LogP contribution in [0.3, 0.4) is 0 Å². The van der Waals surface area contributed by atoms with Gasteiger partial charge in [0.2, 0.25) is 6.41 Å². The number of fused-ring (bicyclic) bond motifs is 2. The summed E-state index contributed by atoms with van der Waals surface area (Å²) in [4.78, 5) is 22.0. The summed E-state index contributed by atoms with van der Waals surface area (Å²) >= 11 is 0. The number of halogens is 3. The summed E-state index contributed by atoms with van der Waals surface area (Å²) in [5.41, 5.74) is 2.69. The first kappa shape index (κ1) is 23.5. The van der Waals surface area contributed by atoms with Crippen molar-refractivity contribution in [1.29, 1.82) is 0 Å². The number of rotatable bonds is 6. The number of aromatic amines is 1. The zero-order valence-corrected chi connectivity index (χ0v) is 19.3. The molecule has 1 unspecified atom stereocenters. The van der Waals surface area contributed by atoms with Crippen molar-refractivity contribution in [3.8, 4) is 11.4 Å². The molecule has 0 bridgehead atoms. The molecule has 0 spiro atoms. The third kappa shape index (κ3) is 4.66. The van der Waals surface area contributed by atoms with Crippen molar-refractivity contribution >= 4 is 22.3 Å². The highest BCUT2D eigenvalue weighted by molar-refractivity contribution is 5.84. The lowest BCUT2D eigenvalue weighted by Crippen LogP contribution is -2.46. The van der Waals surface area contributed by atoms with Gasteiger partial charge in [-0.3, -0.25) is 4.79 Å². The van der Waals surface area contributed by atoms with Crippen molar-refractivity contribution in [3.63, 3.8) is 0 Å². The molecular weight excluding hydrogens is 489 g/mol. The normalized spacial score (nSPS) is 17.9. The van der Waals surface area contributed by atoms with Crippen LogP contribution in [-0.4, -0.2) is 48.6 Å². The molecule has 4 aromatic rings. The van der Waals surface area contributed by atoms with Gasteiger partial charge in [0.1, 0.15) is 0 Å². The topological polar surface area (TPSA) is 116 Å². The van der Waals surface area contributed by atoms with E-state index in [9.17, 15) is 23.1 Å². The van der Waals surface area contributed by atoms with E-state index in [4.69, 9.17) is 4.74 Å². The molecule has 1 aliphatic carbocycles. The van der Waals surface area contributed by atoms with Crippen LogP contribution in [0.25, 0.3) is 22.2 Å². The Labute approximate surface area is 207 Å². The zero-order valence-electron chi connectivity index (χ0n) is 19.3. The van der Waals surface area contributed by atoms with Crippen LogP contribution in [-0.2, 0) is 17.8 Å². The maximum atomic E-state index is 14.5. The summed E-state index contributed by atoms with van der Waals surface area (Å²) in [5, 5.41) is 20.5. The third-order valence-electron chi connectivity index (χ3n) is 6.56. The van der Waals surface area contributed by atoms with Crippen LogP contribution in [0.15, 0.2) is 53.6 Å².